The lowest BCUT2D eigenvalue weighted by atomic mass is 10.2. The molecule has 2 aromatic heterocycles. The van der Waals surface area contributed by atoms with Gasteiger partial charge in [0.05, 0.1) is 11.0 Å². The monoisotopic (exact) mass is 282 g/mol. The number of hydrogen-bond donors (Lipinski definition) is 2. The number of pyridine rings is 1. The van der Waals surface area contributed by atoms with Crippen LogP contribution in [0.3, 0.4) is 0 Å². The van der Waals surface area contributed by atoms with Crippen LogP contribution in [0.4, 0.5) is 0 Å². The largest absolute Gasteiger partial charge is 0.328 e. The summed E-state index contributed by atoms with van der Waals surface area (Å²) in [7, 11) is 0. The van der Waals surface area contributed by atoms with Gasteiger partial charge in [0.25, 0.3) is 5.56 Å². The Balaban J connectivity index is 2.25. The maximum absolute atomic E-state index is 11.5. The second-order valence-corrected chi connectivity index (χ2v) is 5.11. The second kappa shape index (κ2) is 5.18. The summed E-state index contributed by atoms with van der Waals surface area (Å²) >= 11 is 0. The van der Waals surface area contributed by atoms with Crippen LogP contribution in [0.1, 0.15) is 18.1 Å². The Morgan fingerprint density at radius 1 is 1.33 bits per heavy atom. The second-order valence-electron chi connectivity index (χ2n) is 5.11. The van der Waals surface area contributed by atoms with Crippen LogP contribution < -0.4 is 11.3 Å². The molecule has 0 spiro atoms. The number of aromatic amines is 1. The van der Waals surface area contributed by atoms with Crippen LogP contribution in [0.2, 0.25) is 0 Å². The number of nitrogens with zero attached hydrogens (tertiary/aromatic N) is 2. The molecule has 0 aliphatic rings. The Kier molecular flexibility index (Phi) is 3.35. The first-order valence-corrected chi connectivity index (χ1v) is 7.03. The molecule has 1 aromatic carbocycles. The van der Waals surface area contributed by atoms with Crippen LogP contribution in [0.5, 0.6) is 0 Å². The highest BCUT2D eigenvalue weighted by Crippen LogP contribution is 2.25. The fraction of sp³-hybridized carbons (Fsp3) is 0.250. The van der Waals surface area contributed by atoms with Crippen molar-refractivity contribution in [2.24, 2.45) is 5.73 Å². The summed E-state index contributed by atoms with van der Waals surface area (Å²) in [5.41, 5.74) is 10.3. The predicted octanol–water partition coefficient (Wildman–Crippen LogP) is 2.18. The van der Waals surface area contributed by atoms with Gasteiger partial charge < -0.3 is 15.3 Å². The number of hydrogen-bond acceptors (Lipinski definition) is 3. The molecule has 0 aliphatic heterocycles. The molecule has 0 radical (unpaired) electrons. The summed E-state index contributed by atoms with van der Waals surface area (Å²) in [6.45, 7) is 5.20. The molecule has 0 fully saturated rings. The minimum absolute atomic E-state index is 0.0664. The van der Waals surface area contributed by atoms with E-state index in [1.54, 1.807) is 13.1 Å². The minimum Gasteiger partial charge on any atom is -0.328 e. The molecule has 3 N–H and O–H groups in total. The molecule has 0 bridgehead atoms. The number of aromatic nitrogens is 3. The molecule has 0 saturated heterocycles. The van der Waals surface area contributed by atoms with Crippen LogP contribution >= 0.6 is 0 Å². The quantitative estimate of drug-likeness (QED) is 0.773. The van der Waals surface area contributed by atoms with Crippen LogP contribution in [-0.2, 0) is 13.1 Å². The average Bonchev–Trinajstić information content (AvgIpc) is 2.87. The first-order valence-electron chi connectivity index (χ1n) is 7.03. The lowest BCUT2D eigenvalue weighted by molar-refractivity contribution is 0.795. The van der Waals surface area contributed by atoms with Crippen LogP contribution in [0, 0.1) is 6.92 Å². The molecule has 2 heterocycles. The highest BCUT2D eigenvalue weighted by molar-refractivity contribution is 5.81. The number of benzene rings is 1. The maximum atomic E-state index is 11.5. The van der Waals surface area contributed by atoms with E-state index in [9.17, 15) is 4.79 Å². The number of imidazole rings is 1. The molecule has 0 unspecified atom stereocenters. The van der Waals surface area contributed by atoms with E-state index in [0.29, 0.717) is 12.1 Å². The molecule has 108 valence electrons. The van der Waals surface area contributed by atoms with E-state index in [-0.39, 0.29) is 5.56 Å². The minimum atomic E-state index is -0.0664. The fourth-order valence-electron chi connectivity index (χ4n) is 2.57. The molecule has 0 aliphatic carbocycles. The Morgan fingerprint density at radius 3 is 2.81 bits per heavy atom. The molecule has 3 aromatic rings. The molecular weight excluding hydrogens is 264 g/mol. The SMILES string of the molecule is CCn1c(-c2c[nH]c(=O)c(C)c2)nc2cc(CN)ccc21. The van der Waals surface area contributed by atoms with Crippen molar-refractivity contribution in [3.63, 3.8) is 0 Å². The van der Waals surface area contributed by atoms with Gasteiger partial charge in [0, 0.05) is 30.4 Å². The van der Waals surface area contributed by atoms with Crippen LogP contribution in [-0.4, -0.2) is 14.5 Å². The summed E-state index contributed by atoms with van der Waals surface area (Å²) in [6.07, 6.45) is 1.71. The van der Waals surface area contributed by atoms with Crippen LogP contribution in [0.25, 0.3) is 22.4 Å². The van der Waals surface area contributed by atoms with Gasteiger partial charge in [-0.3, -0.25) is 4.79 Å². The lowest BCUT2D eigenvalue weighted by Crippen LogP contribution is -2.09. The molecule has 3 rings (SSSR count). The summed E-state index contributed by atoms with van der Waals surface area (Å²) in [5.74, 6) is 0.862. The molecule has 5 heteroatoms. The maximum Gasteiger partial charge on any atom is 0.250 e. The van der Waals surface area contributed by atoms with Crippen molar-refractivity contribution in [2.75, 3.05) is 0 Å². The van der Waals surface area contributed by atoms with Crippen molar-refractivity contribution in [3.8, 4) is 11.4 Å². The standard InChI is InChI=1S/C16H18N4O/c1-3-20-14-5-4-11(8-17)7-13(14)19-15(20)12-6-10(2)16(21)18-9-12/h4-7,9H,3,8,17H2,1-2H3,(H,18,21). The zero-order valence-electron chi connectivity index (χ0n) is 12.2. The molecule has 0 saturated carbocycles. The average molecular weight is 282 g/mol. The molecule has 5 nitrogen and oxygen atoms in total. The summed E-state index contributed by atoms with van der Waals surface area (Å²) in [4.78, 5) is 19.0. The molecule has 0 atom stereocenters. The van der Waals surface area contributed by atoms with E-state index >= 15 is 0 Å². The van der Waals surface area contributed by atoms with Gasteiger partial charge in [0.15, 0.2) is 0 Å². The van der Waals surface area contributed by atoms with Gasteiger partial charge in [-0.15, -0.1) is 0 Å². The molecular formula is C16H18N4O. The summed E-state index contributed by atoms with van der Waals surface area (Å²) in [5, 5.41) is 0. The van der Waals surface area contributed by atoms with Crippen molar-refractivity contribution < 1.29 is 0 Å². The van der Waals surface area contributed by atoms with E-state index in [2.05, 4.69) is 22.5 Å². The smallest absolute Gasteiger partial charge is 0.250 e. The Hall–Kier alpha value is -2.40. The zero-order chi connectivity index (χ0) is 15.0. The summed E-state index contributed by atoms with van der Waals surface area (Å²) < 4.78 is 2.14. The third kappa shape index (κ3) is 2.25. The molecule has 0 amide bonds. The normalized spacial score (nSPS) is 11.2. The Morgan fingerprint density at radius 2 is 2.14 bits per heavy atom. The third-order valence-corrected chi connectivity index (χ3v) is 3.71. The van der Waals surface area contributed by atoms with Gasteiger partial charge in [0.1, 0.15) is 5.82 Å². The van der Waals surface area contributed by atoms with Gasteiger partial charge in [-0.05, 0) is 37.6 Å². The van der Waals surface area contributed by atoms with Crippen molar-refractivity contribution >= 4 is 11.0 Å². The molecule has 21 heavy (non-hydrogen) atoms. The van der Waals surface area contributed by atoms with Crippen molar-refractivity contribution in [1.29, 1.82) is 0 Å². The number of H-pyrrole nitrogens is 1. The van der Waals surface area contributed by atoms with E-state index < -0.39 is 0 Å². The van der Waals surface area contributed by atoms with Crippen molar-refractivity contribution in [1.82, 2.24) is 14.5 Å². The van der Waals surface area contributed by atoms with Gasteiger partial charge in [-0.2, -0.15) is 0 Å². The Labute approximate surface area is 122 Å². The number of nitrogens with two attached hydrogens (primary N) is 1. The first kappa shape index (κ1) is 13.6. The lowest BCUT2D eigenvalue weighted by Gasteiger charge is -2.06. The fourth-order valence-corrected chi connectivity index (χ4v) is 2.57. The highest BCUT2D eigenvalue weighted by atomic mass is 16.1. The van der Waals surface area contributed by atoms with E-state index in [1.807, 2.05) is 18.2 Å². The Bertz CT molecular complexity index is 860. The van der Waals surface area contributed by atoms with Crippen molar-refractivity contribution in [3.05, 3.63) is 51.9 Å². The van der Waals surface area contributed by atoms with Gasteiger partial charge in [0.2, 0.25) is 0 Å². The predicted molar refractivity (Wildman–Crippen MR) is 84.1 cm³/mol. The van der Waals surface area contributed by atoms with Gasteiger partial charge in [-0.25, -0.2) is 4.98 Å². The van der Waals surface area contributed by atoms with Crippen LogP contribution in [0.15, 0.2) is 35.3 Å². The van der Waals surface area contributed by atoms with E-state index in [1.165, 1.54) is 0 Å². The number of nitrogens with one attached hydrogen (secondary N) is 1. The topological polar surface area (TPSA) is 76.7 Å². The number of aryl methyl sites for hydroxylation is 2. The first-order chi connectivity index (χ1) is 10.1. The van der Waals surface area contributed by atoms with Crippen molar-refractivity contribution in [2.45, 2.75) is 26.9 Å². The number of rotatable bonds is 3. The summed E-state index contributed by atoms with van der Waals surface area (Å²) in [6, 6.07) is 7.97. The zero-order valence-corrected chi connectivity index (χ0v) is 12.2. The number of fused-ring (bicyclic) bond motifs is 1. The van der Waals surface area contributed by atoms with E-state index in [0.717, 1.165) is 34.5 Å². The highest BCUT2D eigenvalue weighted by Gasteiger charge is 2.12. The van der Waals surface area contributed by atoms with E-state index in [4.69, 9.17) is 10.7 Å². The van der Waals surface area contributed by atoms with Gasteiger partial charge in [-0.1, -0.05) is 6.07 Å². The van der Waals surface area contributed by atoms with Gasteiger partial charge >= 0.3 is 0 Å². The third-order valence-electron chi connectivity index (χ3n) is 3.71.